The second-order valence-electron chi connectivity index (χ2n) is 23.1. The van der Waals surface area contributed by atoms with Gasteiger partial charge in [0.05, 0.1) is 0 Å². The fourth-order valence-corrected chi connectivity index (χ4v) is 10.1. The second kappa shape index (κ2) is 66.6. The molecule has 1 unspecified atom stereocenters. The van der Waals surface area contributed by atoms with E-state index in [-0.39, 0.29) is 31.1 Å². The Labute approximate surface area is 485 Å². The lowest BCUT2D eigenvalue weighted by atomic mass is 10.0. The molecule has 78 heavy (non-hydrogen) atoms. The Balaban J connectivity index is 4.27. The topological polar surface area (TPSA) is 78.9 Å². The zero-order chi connectivity index (χ0) is 56.4. The van der Waals surface area contributed by atoms with Crippen LogP contribution in [-0.4, -0.2) is 37.2 Å². The van der Waals surface area contributed by atoms with Gasteiger partial charge in [-0.05, 0) is 83.5 Å². The first-order valence-electron chi connectivity index (χ1n) is 34.3. The first-order chi connectivity index (χ1) is 38.5. The highest BCUT2D eigenvalue weighted by Crippen LogP contribution is 2.18. The van der Waals surface area contributed by atoms with Crippen molar-refractivity contribution >= 4 is 17.9 Å². The molecule has 0 saturated carbocycles. The predicted octanol–water partition coefficient (Wildman–Crippen LogP) is 23.5. The lowest BCUT2D eigenvalue weighted by molar-refractivity contribution is -0.167. The van der Waals surface area contributed by atoms with E-state index >= 15 is 0 Å². The van der Waals surface area contributed by atoms with Gasteiger partial charge in [-0.2, -0.15) is 0 Å². The molecule has 6 heteroatoms. The third kappa shape index (κ3) is 63.9. The Hall–Kier alpha value is -2.89. The molecule has 0 aliphatic carbocycles. The summed E-state index contributed by atoms with van der Waals surface area (Å²) in [6.07, 6.45) is 85.3. The van der Waals surface area contributed by atoms with E-state index in [0.29, 0.717) is 19.3 Å². The Morgan fingerprint density at radius 3 is 0.769 bits per heavy atom. The van der Waals surface area contributed by atoms with Gasteiger partial charge in [0.2, 0.25) is 0 Å². The van der Waals surface area contributed by atoms with Gasteiger partial charge in [-0.15, -0.1) is 0 Å². The molecule has 0 aliphatic rings. The maximum absolute atomic E-state index is 12.9. The van der Waals surface area contributed by atoms with Crippen LogP contribution in [0.5, 0.6) is 0 Å². The summed E-state index contributed by atoms with van der Waals surface area (Å²) in [4.78, 5) is 38.4. The SMILES string of the molecule is CCC/C=C\C/C=C\CCCCCCCC(=O)OCC(COC(=O)CCCCCCCCCCCCCCCCCCCCCCCCCCCC)OC(=O)CCCCCCCC/C=C\C/C=C\C/C=C\CCCCCCC. The molecule has 0 fully saturated rings. The number of ether oxygens (including phenoxy) is 3. The highest BCUT2D eigenvalue weighted by Gasteiger charge is 2.19. The summed E-state index contributed by atoms with van der Waals surface area (Å²) in [6, 6.07) is 0. The van der Waals surface area contributed by atoms with Gasteiger partial charge in [-0.1, -0.05) is 319 Å². The van der Waals surface area contributed by atoms with Gasteiger partial charge in [0, 0.05) is 19.3 Å². The summed E-state index contributed by atoms with van der Waals surface area (Å²) in [6.45, 7) is 6.60. The van der Waals surface area contributed by atoms with Gasteiger partial charge in [0.25, 0.3) is 0 Å². The summed E-state index contributed by atoms with van der Waals surface area (Å²) in [5.41, 5.74) is 0. The van der Waals surface area contributed by atoms with Gasteiger partial charge in [-0.25, -0.2) is 0 Å². The lowest BCUT2D eigenvalue weighted by Gasteiger charge is -2.18. The third-order valence-electron chi connectivity index (χ3n) is 15.2. The van der Waals surface area contributed by atoms with E-state index in [1.54, 1.807) is 0 Å². The van der Waals surface area contributed by atoms with Crippen LogP contribution in [0.3, 0.4) is 0 Å². The molecule has 0 spiro atoms. The monoisotopic (exact) mass is 1090 g/mol. The molecule has 0 aliphatic heterocycles. The lowest BCUT2D eigenvalue weighted by Crippen LogP contribution is -2.30. The number of rotatable bonds is 63. The molecule has 0 aromatic heterocycles. The molecule has 0 heterocycles. The Morgan fingerprint density at radius 1 is 0.256 bits per heavy atom. The van der Waals surface area contributed by atoms with Crippen molar-refractivity contribution in [2.45, 2.75) is 367 Å². The smallest absolute Gasteiger partial charge is 0.306 e. The second-order valence-corrected chi connectivity index (χ2v) is 23.1. The van der Waals surface area contributed by atoms with Crippen molar-refractivity contribution in [2.75, 3.05) is 13.2 Å². The van der Waals surface area contributed by atoms with Crippen LogP contribution in [0, 0.1) is 0 Å². The highest BCUT2D eigenvalue weighted by molar-refractivity contribution is 5.71. The van der Waals surface area contributed by atoms with Crippen molar-refractivity contribution in [1.29, 1.82) is 0 Å². The summed E-state index contributed by atoms with van der Waals surface area (Å²) >= 11 is 0. The average Bonchev–Trinajstić information content (AvgIpc) is 3.44. The van der Waals surface area contributed by atoms with Crippen molar-refractivity contribution in [1.82, 2.24) is 0 Å². The molecule has 1 atom stereocenters. The van der Waals surface area contributed by atoms with Crippen molar-refractivity contribution in [2.24, 2.45) is 0 Å². The van der Waals surface area contributed by atoms with E-state index in [0.717, 1.165) is 109 Å². The van der Waals surface area contributed by atoms with Gasteiger partial charge in [0.15, 0.2) is 6.10 Å². The van der Waals surface area contributed by atoms with Crippen LogP contribution < -0.4 is 0 Å². The number of esters is 3. The first-order valence-corrected chi connectivity index (χ1v) is 34.3. The van der Waals surface area contributed by atoms with Crippen LogP contribution in [0.25, 0.3) is 0 Å². The molecule has 454 valence electrons. The number of hydrogen-bond acceptors (Lipinski definition) is 6. The molecule has 0 aromatic carbocycles. The van der Waals surface area contributed by atoms with Crippen molar-refractivity contribution in [3.63, 3.8) is 0 Å². The first kappa shape index (κ1) is 75.1. The number of carbonyl (C=O) groups excluding carboxylic acids is 3. The van der Waals surface area contributed by atoms with Crippen LogP contribution in [0.4, 0.5) is 0 Å². The predicted molar refractivity (Wildman–Crippen MR) is 339 cm³/mol. The molecule has 0 saturated heterocycles. The zero-order valence-corrected chi connectivity index (χ0v) is 52.2. The summed E-state index contributed by atoms with van der Waals surface area (Å²) in [7, 11) is 0. The number of hydrogen-bond donors (Lipinski definition) is 0. The summed E-state index contributed by atoms with van der Waals surface area (Å²) in [5, 5.41) is 0. The van der Waals surface area contributed by atoms with Gasteiger partial charge in [-0.3, -0.25) is 14.4 Å². The Bertz CT molecular complexity index is 1390. The van der Waals surface area contributed by atoms with Gasteiger partial charge < -0.3 is 14.2 Å². The fourth-order valence-electron chi connectivity index (χ4n) is 10.1. The minimum Gasteiger partial charge on any atom is -0.462 e. The minimum absolute atomic E-state index is 0.0812. The molecule has 0 rings (SSSR count). The van der Waals surface area contributed by atoms with E-state index in [9.17, 15) is 14.4 Å². The molecular weight excluding hydrogens is 961 g/mol. The van der Waals surface area contributed by atoms with Crippen molar-refractivity contribution < 1.29 is 28.6 Å². The van der Waals surface area contributed by atoms with Crippen LogP contribution >= 0.6 is 0 Å². The van der Waals surface area contributed by atoms with Crippen LogP contribution in [0.1, 0.15) is 361 Å². The third-order valence-corrected chi connectivity index (χ3v) is 15.2. The number of carbonyl (C=O) groups is 3. The number of allylic oxidation sites excluding steroid dienone is 10. The maximum Gasteiger partial charge on any atom is 0.306 e. The van der Waals surface area contributed by atoms with Crippen molar-refractivity contribution in [3.8, 4) is 0 Å². The number of unbranched alkanes of at least 4 members (excludes halogenated alkanes) is 42. The van der Waals surface area contributed by atoms with Crippen LogP contribution in [0.15, 0.2) is 60.8 Å². The fraction of sp³-hybridized carbons (Fsp3) is 0.819. The normalized spacial score (nSPS) is 12.4. The summed E-state index contributed by atoms with van der Waals surface area (Å²) < 4.78 is 16.9. The van der Waals surface area contributed by atoms with E-state index in [1.807, 2.05) is 0 Å². The minimum atomic E-state index is -0.787. The molecule has 0 amide bonds. The Kier molecular flexibility index (Phi) is 64.2. The molecule has 0 N–H and O–H groups in total. The van der Waals surface area contributed by atoms with E-state index in [1.165, 1.54) is 212 Å². The summed E-state index contributed by atoms with van der Waals surface area (Å²) in [5.74, 6) is -0.889. The molecular formula is C72H130O6. The maximum atomic E-state index is 12.9. The van der Waals surface area contributed by atoms with Crippen LogP contribution in [0.2, 0.25) is 0 Å². The highest BCUT2D eigenvalue weighted by atomic mass is 16.6. The van der Waals surface area contributed by atoms with E-state index in [2.05, 4.69) is 81.5 Å². The van der Waals surface area contributed by atoms with Gasteiger partial charge >= 0.3 is 17.9 Å². The Morgan fingerprint density at radius 2 is 0.487 bits per heavy atom. The van der Waals surface area contributed by atoms with Gasteiger partial charge in [0.1, 0.15) is 13.2 Å². The molecule has 0 radical (unpaired) electrons. The largest absolute Gasteiger partial charge is 0.462 e. The molecule has 0 bridgehead atoms. The standard InChI is InChI=1S/C72H130O6/c1-4-7-10-13-16-19-22-25-27-29-31-33-34-35-36-37-39-40-42-44-47-50-53-56-59-62-65-71(74)77-68-69(67-76-70(73)64-61-58-55-52-49-46-24-21-18-15-12-9-6-3)78-72(75)66-63-60-57-54-51-48-45-43-41-38-32-30-28-26-23-20-17-14-11-8-5-2/h12,15,21,23-24,26,30,32,41,43,69H,4-11,13-14,16-20,22,25,27-29,31,33-40,42,44-68H2,1-3H3/b15-12-,24-21-,26-23-,32-30-,43-41-. The van der Waals surface area contributed by atoms with Crippen molar-refractivity contribution in [3.05, 3.63) is 60.8 Å². The van der Waals surface area contributed by atoms with Crippen LogP contribution in [-0.2, 0) is 28.6 Å². The molecule has 6 nitrogen and oxygen atoms in total. The van der Waals surface area contributed by atoms with E-state index in [4.69, 9.17) is 14.2 Å². The quantitative estimate of drug-likeness (QED) is 0.0261. The van der Waals surface area contributed by atoms with E-state index < -0.39 is 6.10 Å². The average molecular weight is 1090 g/mol. The molecule has 0 aromatic rings. The zero-order valence-electron chi connectivity index (χ0n) is 52.2.